The molecule has 0 fully saturated rings. The highest BCUT2D eigenvalue weighted by Crippen LogP contribution is 2.22. The van der Waals surface area contributed by atoms with E-state index in [4.69, 9.17) is 4.74 Å². The minimum absolute atomic E-state index is 0.0952. The summed E-state index contributed by atoms with van der Waals surface area (Å²) in [5, 5.41) is 0. The standard InChI is InChI=1S/C16H8BrF2NO2/c17-12-7-9(1-6-13(12)19)8-14-16(21)22-15(20-14)10-2-4-11(18)5-3-10/h1-8H/b14-8-. The number of cyclic esters (lactones) is 1. The fourth-order valence-corrected chi connectivity index (χ4v) is 2.28. The molecule has 1 aliphatic rings. The van der Waals surface area contributed by atoms with E-state index in [1.165, 1.54) is 48.5 Å². The minimum Gasteiger partial charge on any atom is -0.402 e. The number of ether oxygens (including phenoxy) is 1. The van der Waals surface area contributed by atoms with Crippen molar-refractivity contribution in [1.82, 2.24) is 0 Å². The van der Waals surface area contributed by atoms with Crippen LogP contribution in [0.3, 0.4) is 0 Å². The monoisotopic (exact) mass is 363 g/mol. The number of aliphatic imine (C=N–C) groups is 1. The Bertz CT molecular complexity index is 813. The van der Waals surface area contributed by atoms with Crippen LogP contribution in [-0.4, -0.2) is 11.9 Å². The summed E-state index contributed by atoms with van der Waals surface area (Å²) in [5.74, 6) is -1.29. The van der Waals surface area contributed by atoms with E-state index >= 15 is 0 Å². The van der Waals surface area contributed by atoms with E-state index in [9.17, 15) is 13.6 Å². The van der Waals surface area contributed by atoms with Crippen molar-refractivity contribution in [3.05, 3.63) is 75.4 Å². The van der Waals surface area contributed by atoms with Crippen LogP contribution in [-0.2, 0) is 9.53 Å². The molecule has 22 heavy (non-hydrogen) atoms. The highest BCUT2D eigenvalue weighted by atomic mass is 79.9. The van der Waals surface area contributed by atoms with Gasteiger partial charge in [0.15, 0.2) is 5.70 Å². The molecule has 110 valence electrons. The van der Waals surface area contributed by atoms with Gasteiger partial charge >= 0.3 is 5.97 Å². The third-order valence-corrected chi connectivity index (χ3v) is 3.57. The van der Waals surface area contributed by atoms with Gasteiger partial charge in [-0.15, -0.1) is 0 Å². The number of nitrogens with zero attached hydrogens (tertiary/aromatic N) is 1. The van der Waals surface area contributed by atoms with Crippen LogP contribution >= 0.6 is 15.9 Å². The number of esters is 1. The molecule has 3 rings (SSSR count). The maximum Gasteiger partial charge on any atom is 0.363 e. The average molecular weight is 364 g/mol. The van der Waals surface area contributed by atoms with Gasteiger partial charge in [0, 0.05) is 5.56 Å². The Balaban J connectivity index is 1.93. The minimum atomic E-state index is -0.611. The number of rotatable bonds is 2. The van der Waals surface area contributed by atoms with Gasteiger partial charge in [-0.2, -0.15) is 0 Å². The lowest BCUT2D eigenvalue weighted by atomic mass is 10.2. The Morgan fingerprint density at radius 1 is 1.09 bits per heavy atom. The van der Waals surface area contributed by atoms with Crippen molar-refractivity contribution in [2.75, 3.05) is 0 Å². The van der Waals surface area contributed by atoms with Crippen LogP contribution in [0.15, 0.2) is 57.6 Å². The SMILES string of the molecule is O=C1OC(c2ccc(F)cc2)=N/C1=C\c1ccc(F)c(Br)c1. The second-order valence-corrected chi connectivity index (χ2v) is 5.37. The van der Waals surface area contributed by atoms with Crippen LogP contribution in [0.25, 0.3) is 6.08 Å². The van der Waals surface area contributed by atoms with Crippen LogP contribution < -0.4 is 0 Å². The van der Waals surface area contributed by atoms with Gasteiger partial charge in [0.25, 0.3) is 0 Å². The molecule has 3 nitrogen and oxygen atoms in total. The third kappa shape index (κ3) is 2.96. The average Bonchev–Trinajstić information content (AvgIpc) is 2.85. The van der Waals surface area contributed by atoms with Gasteiger partial charge in [0.2, 0.25) is 5.90 Å². The van der Waals surface area contributed by atoms with Crippen molar-refractivity contribution in [2.45, 2.75) is 0 Å². The molecule has 0 amide bonds. The maximum atomic E-state index is 13.2. The van der Waals surface area contributed by atoms with E-state index in [0.717, 1.165) is 0 Å². The number of hydrogen-bond donors (Lipinski definition) is 0. The molecule has 0 aliphatic carbocycles. The van der Waals surface area contributed by atoms with Crippen LogP contribution in [0.1, 0.15) is 11.1 Å². The molecule has 0 aromatic heterocycles. The Morgan fingerprint density at radius 2 is 1.82 bits per heavy atom. The van der Waals surface area contributed by atoms with Crippen LogP contribution in [0.2, 0.25) is 0 Å². The molecule has 6 heteroatoms. The fourth-order valence-electron chi connectivity index (χ4n) is 1.89. The Hall–Kier alpha value is -2.34. The van der Waals surface area contributed by atoms with Crippen molar-refractivity contribution in [1.29, 1.82) is 0 Å². The van der Waals surface area contributed by atoms with Gasteiger partial charge in [-0.05, 0) is 64.0 Å². The van der Waals surface area contributed by atoms with Crippen molar-refractivity contribution in [3.63, 3.8) is 0 Å². The highest BCUT2D eigenvalue weighted by Gasteiger charge is 2.24. The number of carbonyl (C=O) groups excluding carboxylic acids is 1. The van der Waals surface area contributed by atoms with Crippen LogP contribution in [0, 0.1) is 11.6 Å². The summed E-state index contributed by atoms with van der Waals surface area (Å²) in [6.45, 7) is 0. The van der Waals surface area contributed by atoms with Crippen molar-refractivity contribution < 1.29 is 18.3 Å². The smallest absolute Gasteiger partial charge is 0.363 e. The second kappa shape index (κ2) is 5.81. The summed E-state index contributed by atoms with van der Waals surface area (Å²) < 4.78 is 31.4. The summed E-state index contributed by atoms with van der Waals surface area (Å²) in [6.07, 6.45) is 1.49. The Kier molecular flexibility index (Phi) is 3.85. The molecule has 0 atom stereocenters. The lowest BCUT2D eigenvalue weighted by Crippen LogP contribution is -2.05. The number of halogens is 3. The molecule has 0 saturated carbocycles. The van der Waals surface area contributed by atoms with E-state index in [0.29, 0.717) is 11.1 Å². The Labute approximate surface area is 133 Å². The first-order valence-corrected chi connectivity index (χ1v) is 7.06. The molecular formula is C16H8BrF2NO2. The summed E-state index contributed by atoms with van der Waals surface area (Å²) in [4.78, 5) is 15.9. The zero-order valence-electron chi connectivity index (χ0n) is 11.0. The lowest BCUT2D eigenvalue weighted by molar-refractivity contribution is -0.129. The van der Waals surface area contributed by atoms with Crippen LogP contribution in [0.5, 0.6) is 0 Å². The largest absolute Gasteiger partial charge is 0.402 e. The summed E-state index contributed by atoms with van der Waals surface area (Å²) in [5.41, 5.74) is 1.20. The highest BCUT2D eigenvalue weighted by molar-refractivity contribution is 9.10. The van der Waals surface area contributed by atoms with Gasteiger partial charge < -0.3 is 4.74 Å². The van der Waals surface area contributed by atoms with E-state index in [-0.39, 0.29) is 21.9 Å². The fraction of sp³-hybridized carbons (Fsp3) is 0. The second-order valence-electron chi connectivity index (χ2n) is 4.52. The molecule has 2 aromatic carbocycles. The van der Waals surface area contributed by atoms with E-state index in [1.54, 1.807) is 0 Å². The summed E-state index contributed by atoms with van der Waals surface area (Å²) in [6, 6.07) is 9.78. The lowest BCUT2D eigenvalue weighted by Gasteiger charge is -1.98. The topological polar surface area (TPSA) is 38.7 Å². The van der Waals surface area contributed by atoms with Crippen molar-refractivity contribution >= 4 is 33.9 Å². The molecule has 1 heterocycles. The first kappa shape index (κ1) is 14.6. The van der Waals surface area contributed by atoms with Gasteiger partial charge in [0.1, 0.15) is 11.6 Å². The van der Waals surface area contributed by atoms with Gasteiger partial charge in [0.05, 0.1) is 4.47 Å². The summed E-state index contributed by atoms with van der Waals surface area (Å²) >= 11 is 3.07. The zero-order valence-corrected chi connectivity index (χ0v) is 12.6. The predicted octanol–water partition coefficient (Wildman–Crippen LogP) is 4.07. The first-order valence-electron chi connectivity index (χ1n) is 6.26. The van der Waals surface area contributed by atoms with E-state index in [1.807, 2.05) is 0 Å². The summed E-state index contributed by atoms with van der Waals surface area (Å²) in [7, 11) is 0. The van der Waals surface area contributed by atoms with E-state index < -0.39 is 11.8 Å². The number of carbonyl (C=O) groups is 1. The molecule has 0 saturated heterocycles. The normalized spacial score (nSPS) is 15.9. The molecular weight excluding hydrogens is 356 g/mol. The third-order valence-electron chi connectivity index (χ3n) is 2.96. The molecule has 0 spiro atoms. The van der Waals surface area contributed by atoms with E-state index in [2.05, 4.69) is 20.9 Å². The van der Waals surface area contributed by atoms with Gasteiger partial charge in [-0.3, -0.25) is 0 Å². The molecule has 0 N–H and O–H groups in total. The molecule has 0 radical (unpaired) electrons. The predicted molar refractivity (Wildman–Crippen MR) is 81.1 cm³/mol. The van der Waals surface area contributed by atoms with Gasteiger partial charge in [-0.1, -0.05) is 6.07 Å². The maximum absolute atomic E-state index is 13.2. The molecule has 1 aliphatic heterocycles. The van der Waals surface area contributed by atoms with Crippen molar-refractivity contribution in [2.24, 2.45) is 4.99 Å². The zero-order chi connectivity index (χ0) is 15.7. The number of hydrogen-bond acceptors (Lipinski definition) is 3. The quantitative estimate of drug-likeness (QED) is 0.595. The first-order chi connectivity index (χ1) is 10.5. The van der Waals surface area contributed by atoms with Crippen molar-refractivity contribution in [3.8, 4) is 0 Å². The molecule has 0 bridgehead atoms. The number of benzene rings is 2. The van der Waals surface area contributed by atoms with Crippen LogP contribution in [0.4, 0.5) is 8.78 Å². The van der Waals surface area contributed by atoms with Gasteiger partial charge in [-0.25, -0.2) is 18.6 Å². The Morgan fingerprint density at radius 3 is 2.50 bits per heavy atom. The molecule has 0 unspecified atom stereocenters. The molecule has 2 aromatic rings.